The number of carboxylic acids is 1. The molecule has 152 valence electrons. The van der Waals surface area contributed by atoms with Crippen LogP contribution in [0.25, 0.3) is 0 Å². The predicted molar refractivity (Wildman–Crippen MR) is 99.8 cm³/mol. The van der Waals surface area contributed by atoms with Crippen LogP contribution in [-0.4, -0.2) is 41.6 Å². The van der Waals surface area contributed by atoms with Gasteiger partial charge in [0.2, 0.25) is 10.0 Å². The number of carbonyl (C=O) groups is 1. The van der Waals surface area contributed by atoms with Crippen molar-refractivity contribution in [2.24, 2.45) is 5.14 Å². The first-order valence-electron chi connectivity index (χ1n) is 7.32. The molecule has 2 aromatic rings. The minimum atomic E-state index is -4.16. The number of primary sulfonamides is 1. The molecule has 0 unspecified atom stereocenters. The van der Waals surface area contributed by atoms with Crippen LogP contribution in [0.4, 0.5) is 5.69 Å². The number of rotatable bonds is 8. The third-order valence-corrected chi connectivity index (χ3v) is 5.89. The van der Waals surface area contributed by atoms with E-state index in [4.69, 9.17) is 31.3 Å². The molecule has 0 aliphatic rings. The van der Waals surface area contributed by atoms with E-state index >= 15 is 0 Å². The van der Waals surface area contributed by atoms with Gasteiger partial charge in [-0.2, -0.15) is 0 Å². The third kappa shape index (κ3) is 5.25. The van der Waals surface area contributed by atoms with Crippen molar-refractivity contribution >= 4 is 43.3 Å². The maximum atomic E-state index is 12.5. The average Bonchev–Trinajstić information content (AvgIpc) is 2.59. The zero-order valence-electron chi connectivity index (χ0n) is 14.2. The number of hydrogen-bond donors (Lipinski definition) is 3. The highest BCUT2D eigenvalue weighted by Gasteiger charge is 2.20. The summed E-state index contributed by atoms with van der Waals surface area (Å²) in [7, 11) is -7.07. The lowest BCUT2D eigenvalue weighted by molar-refractivity contribution is -0.139. The zero-order valence-corrected chi connectivity index (χ0v) is 16.6. The van der Waals surface area contributed by atoms with Gasteiger partial charge in [-0.25, -0.2) is 26.8 Å². The van der Waals surface area contributed by atoms with Gasteiger partial charge in [-0.15, -0.1) is 0 Å². The monoisotopic (exact) mass is 450 g/mol. The maximum absolute atomic E-state index is 12.5. The molecule has 0 aliphatic heterocycles. The van der Waals surface area contributed by atoms with E-state index in [0.717, 1.165) is 18.2 Å². The summed E-state index contributed by atoms with van der Waals surface area (Å²) in [6.07, 6.45) is 0. The zero-order chi connectivity index (χ0) is 21.1. The van der Waals surface area contributed by atoms with Gasteiger partial charge in [-0.1, -0.05) is 11.6 Å². The van der Waals surface area contributed by atoms with Gasteiger partial charge < -0.3 is 14.6 Å². The predicted octanol–water partition coefficient (Wildman–Crippen LogP) is 1.26. The number of halogens is 1. The molecule has 0 heterocycles. The van der Waals surface area contributed by atoms with E-state index in [9.17, 15) is 21.6 Å². The Hall–Kier alpha value is -2.54. The third-order valence-electron chi connectivity index (χ3n) is 3.29. The van der Waals surface area contributed by atoms with Gasteiger partial charge in [0.15, 0.2) is 6.61 Å². The molecular formula is C15H15ClN2O8S2. The van der Waals surface area contributed by atoms with Crippen molar-refractivity contribution in [3.05, 3.63) is 41.4 Å². The smallest absolute Gasteiger partial charge is 0.341 e. The van der Waals surface area contributed by atoms with E-state index in [0.29, 0.717) is 0 Å². The number of nitrogens with one attached hydrogen (secondary N) is 1. The number of methoxy groups -OCH3 is 1. The molecule has 28 heavy (non-hydrogen) atoms. The summed E-state index contributed by atoms with van der Waals surface area (Å²) in [6, 6.07) is 6.95. The number of ether oxygens (including phenoxy) is 2. The summed E-state index contributed by atoms with van der Waals surface area (Å²) in [5.74, 6) is -1.28. The number of hydrogen-bond acceptors (Lipinski definition) is 7. The Morgan fingerprint density at radius 1 is 1.14 bits per heavy atom. The standard InChI is InChI=1S/C15H15ClN2O8S2/c1-25-13-4-2-9(6-14(13)27(17,21)22)18-28(23,24)10-3-5-12(11(16)7-10)26-8-15(19)20/h2-7,18H,8H2,1H3,(H,19,20)(H2,17,21,22). The van der Waals surface area contributed by atoms with Gasteiger partial charge in [0.25, 0.3) is 10.0 Å². The van der Waals surface area contributed by atoms with Gasteiger partial charge >= 0.3 is 5.97 Å². The fraction of sp³-hybridized carbons (Fsp3) is 0.133. The Labute approximate surface area is 165 Å². The summed E-state index contributed by atoms with van der Waals surface area (Å²) in [5.41, 5.74) is -0.0767. The molecule has 0 amide bonds. The van der Waals surface area contributed by atoms with Crippen LogP contribution in [0.1, 0.15) is 0 Å². The van der Waals surface area contributed by atoms with Gasteiger partial charge in [0, 0.05) is 0 Å². The van der Waals surface area contributed by atoms with Crippen LogP contribution in [0.15, 0.2) is 46.2 Å². The van der Waals surface area contributed by atoms with E-state index in [1.807, 2.05) is 0 Å². The summed E-state index contributed by atoms with van der Waals surface area (Å²) in [6.45, 7) is -0.647. The summed E-state index contributed by atoms with van der Waals surface area (Å²) in [4.78, 5) is 9.87. The molecule has 0 atom stereocenters. The number of sulfonamides is 2. The van der Waals surface area contributed by atoms with Crippen LogP contribution in [0, 0.1) is 0 Å². The Kier molecular flexibility index (Phi) is 6.39. The minimum Gasteiger partial charge on any atom is -0.495 e. The lowest BCUT2D eigenvalue weighted by atomic mass is 10.3. The topological polar surface area (TPSA) is 162 Å². The molecule has 0 spiro atoms. The molecule has 0 fully saturated rings. The van der Waals surface area contributed by atoms with E-state index in [-0.39, 0.29) is 27.1 Å². The van der Waals surface area contributed by atoms with Crippen LogP contribution in [0.5, 0.6) is 11.5 Å². The fourth-order valence-corrected chi connectivity index (χ4v) is 4.18. The second-order valence-electron chi connectivity index (χ2n) is 5.29. The van der Waals surface area contributed by atoms with E-state index in [1.165, 1.54) is 25.3 Å². The molecule has 2 aromatic carbocycles. The summed E-state index contributed by atoms with van der Waals surface area (Å²) >= 11 is 5.92. The van der Waals surface area contributed by atoms with Gasteiger partial charge in [-0.3, -0.25) is 4.72 Å². The second-order valence-corrected chi connectivity index (χ2v) is 8.91. The van der Waals surface area contributed by atoms with Crippen LogP contribution >= 0.6 is 11.6 Å². The first-order valence-corrected chi connectivity index (χ1v) is 10.7. The SMILES string of the molecule is COc1ccc(NS(=O)(=O)c2ccc(OCC(=O)O)c(Cl)c2)cc1S(N)(=O)=O. The number of benzene rings is 2. The number of carboxylic acid groups (broad SMARTS) is 1. The first-order chi connectivity index (χ1) is 12.9. The molecule has 13 heteroatoms. The molecule has 10 nitrogen and oxygen atoms in total. The highest BCUT2D eigenvalue weighted by Crippen LogP contribution is 2.30. The van der Waals surface area contributed by atoms with E-state index < -0.39 is 37.5 Å². The second kappa shape index (κ2) is 8.22. The molecule has 0 radical (unpaired) electrons. The van der Waals surface area contributed by atoms with E-state index in [1.54, 1.807) is 0 Å². The number of anilines is 1. The highest BCUT2D eigenvalue weighted by molar-refractivity contribution is 7.92. The minimum absolute atomic E-state index is 0.0102. The molecule has 0 aliphatic carbocycles. The van der Waals surface area contributed by atoms with Crippen LogP contribution in [0.3, 0.4) is 0 Å². The van der Waals surface area contributed by atoms with Crippen LogP contribution in [0.2, 0.25) is 5.02 Å². The number of nitrogens with two attached hydrogens (primary N) is 1. The van der Waals surface area contributed by atoms with Gasteiger partial charge in [-0.05, 0) is 36.4 Å². The molecule has 0 saturated heterocycles. The molecule has 0 bridgehead atoms. The average molecular weight is 451 g/mol. The first kappa shape index (κ1) is 21.8. The van der Waals surface area contributed by atoms with Crippen LogP contribution < -0.4 is 19.3 Å². The lowest BCUT2D eigenvalue weighted by Crippen LogP contribution is -2.16. The fourth-order valence-electron chi connectivity index (χ4n) is 2.08. The van der Waals surface area contributed by atoms with Crippen molar-refractivity contribution in [3.63, 3.8) is 0 Å². The summed E-state index contributed by atoms with van der Waals surface area (Å²) in [5, 5.41) is 13.6. The Morgan fingerprint density at radius 2 is 1.79 bits per heavy atom. The Bertz CT molecular complexity index is 1120. The molecule has 4 N–H and O–H groups in total. The quantitative estimate of drug-likeness (QED) is 0.541. The van der Waals surface area contributed by atoms with E-state index in [2.05, 4.69) is 4.72 Å². The Balaban J connectivity index is 2.34. The van der Waals surface area contributed by atoms with Gasteiger partial charge in [0.1, 0.15) is 16.4 Å². The van der Waals surface area contributed by atoms with Crippen molar-refractivity contribution in [2.45, 2.75) is 9.79 Å². The Morgan fingerprint density at radius 3 is 2.32 bits per heavy atom. The highest BCUT2D eigenvalue weighted by atomic mass is 35.5. The lowest BCUT2D eigenvalue weighted by Gasteiger charge is -2.12. The maximum Gasteiger partial charge on any atom is 0.341 e. The number of aliphatic carboxylic acids is 1. The molecular weight excluding hydrogens is 436 g/mol. The van der Waals surface area contributed by atoms with Gasteiger partial charge in [0.05, 0.1) is 22.7 Å². The normalized spacial score (nSPS) is 11.7. The van der Waals surface area contributed by atoms with Crippen molar-refractivity contribution in [3.8, 4) is 11.5 Å². The van der Waals surface area contributed by atoms with Crippen molar-refractivity contribution < 1.29 is 36.2 Å². The van der Waals surface area contributed by atoms with Crippen molar-refractivity contribution in [2.75, 3.05) is 18.4 Å². The molecule has 2 rings (SSSR count). The van der Waals surface area contributed by atoms with Crippen molar-refractivity contribution in [1.29, 1.82) is 0 Å². The molecule has 0 saturated carbocycles. The summed E-state index contributed by atoms with van der Waals surface area (Å²) < 4.78 is 60.4. The molecule has 0 aromatic heterocycles. The van der Waals surface area contributed by atoms with Crippen LogP contribution in [-0.2, 0) is 24.8 Å². The largest absolute Gasteiger partial charge is 0.495 e. The van der Waals surface area contributed by atoms with Crippen molar-refractivity contribution in [1.82, 2.24) is 0 Å².